The van der Waals surface area contributed by atoms with E-state index >= 15 is 0 Å². The first-order valence-electron chi connectivity index (χ1n) is 9.68. The second-order valence-corrected chi connectivity index (χ2v) is 7.11. The zero-order valence-corrected chi connectivity index (χ0v) is 15.7. The topological polar surface area (TPSA) is 67.4 Å². The summed E-state index contributed by atoms with van der Waals surface area (Å²) in [6, 6.07) is 0.268. The number of ether oxygens (including phenoxy) is 1. The summed E-state index contributed by atoms with van der Waals surface area (Å²) in [6.45, 7) is 8.69. The molecule has 1 rings (SSSR count). The van der Waals surface area contributed by atoms with Gasteiger partial charge in [-0.1, -0.05) is 40.0 Å². The Bertz CT molecular complexity index is 374. The van der Waals surface area contributed by atoms with Gasteiger partial charge in [-0.05, 0) is 31.1 Å². The van der Waals surface area contributed by atoms with Gasteiger partial charge in [0.2, 0.25) is 11.8 Å². The van der Waals surface area contributed by atoms with E-state index < -0.39 is 0 Å². The van der Waals surface area contributed by atoms with Gasteiger partial charge >= 0.3 is 0 Å². The molecule has 24 heavy (non-hydrogen) atoms. The van der Waals surface area contributed by atoms with Crippen molar-refractivity contribution in [1.82, 2.24) is 10.6 Å². The molecule has 1 aliphatic rings. The lowest BCUT2D eigenvalue weighted by molar-refractivity contribution is -0.127. The smallest absolute Gasteiger partial charge is 0.220 e. The standard InChI is InChI=1S/C19H36N2O3/c1-4-5-13-24-14-7-12-20-18(22)10-11-19(23)21-17-9-6-8-15(2)16(17)3/h15-17H,4-14H2,1-3H3,(H,20,22)(H,21,23)/t15-,16+,17-/m1/s1. The Balaban J connectivity index is 2.06. The Morgan fingerprint density at radius 1 is 1.04 bits per heavy atom. The summed E-state index contributed by atoms with van der Waals surface area (Å²) < 4.78 is 5.44. The fraction of sp³-hybridized carbons (Fsp3) is 0.895. The number of rotatable bonds is 11. The molecule has 0 unspecified atom stereocenters. The molecule has 0 saturated heterocycles. The number of carbonyl (C=O) groups is 2. The van der Waals surface area contributed by atoms with E-state index in [1.807, 2.05) is 0 Å². The Morgan fingerprint density at radius 2 is 1.75 bits per heavy atom. The molecule has 1 aliphatic carbocycles. The Kier molecular flexibility index (Phi) is 10.7. The number of hydrogen-bond donors (Lipinski definition) is 2. The average molecular weight is 341 g/mol. The maximum absolute atomic E-state index is 12.0. The van der Waals surface area contributed by atoms with E-state index in [0.717, 1.165) is 32.3 Å². The molecule has 1 fully saturated rings. The second-order valence-electron chi connectivity index (χ2n) is 7.11. The highest BCUT2D eigenvalue weighted by Crippen LogP contribution is 2.29. The number of unbranched alkanes of at least 4 members (excludes halogenated alkanes) is 1. The first kappa shape index (κ1) is 20.9. The van der Waals surface area contributed by atoms with Gasteiger partial charge in [0, 0.05) is 38.6 Å². The second kappa shape index (κ2) is 12.3. The van der Waals surface area contributed by atoms with E-state index in [0.29, 0.717) is 25.0 Å². The highest BCUT2D eigenvalue weighted by molar-refractivity contribution is 5.83. The molecule has 0 aromatic rings. The quantitative estimate of drug-likeness (QED) is 0.568. The maximum atomic E-state index is 12.0. The van der Waals surface area contributed by atoms with E-state index in [1.165, 1.54) is 12.8 Å². The van der Waals surface area contributed by atoms with Crippen LogP contribution in [0.3, 0.4) is 0 Å². The van der Waals surface area contributed by atoms with Crippen molar-refractivity contribution >= 4 is 11.8 Å². The summed E-state index contributed by atoms with van der Waals surface area (Å²) in [7, 11) is 0. The molecular formula is C19H36N2O3. The van der Waals surface area contributed by atoms with Crippen LogP contribution < -0.4 is 10.6 Å². The van der Waals surface area contributed by atoms with Crippen LogP contribution in [-0.4, -0.2) is 37.6 Å². The lowest BCUT2D eigenvalue weighted by atomic mass is 9.78. The van der Waals surface area contributed by atoms with Crippen molar-refractivity contribution in [2.24, 2.45) is 11.8 Å². The van der Waals surface area contributed by atoms with E-state index in [-0.39, 0.29) is 30.7 Å². The lowest BCUT2D eigenvalue weighted by Gasteiger charge is -2.34. The van der Waals surface area contributed by atoms with E-state index in [1.54, 1.807) is 0 Å². The number of amides is 2. The molecular weight excluding hydrogens is 304 g/mol. The highest BCUT2D eigenvalue weighted by atomic mass is 16.5. The first-order chi connectivity index (χ1) is 11.5. The van der Waals surface area contributed by atoms with E-state index in [9.17, 15) is 9.59 Å². The summed E-state index contributed by atoms with van der Waals surface area (Å²) in [4.78, 5) is 23.8. The third kappa shape index (κ3) is 8.67. The third-order valence-electron chi connectivity index (χ3n) is 5.06. The van der Waals surface area contributed by atoms with Crippen molar-refractivity contribution in [3.63, 3.8) is 0 Å². The molecule has 3 atom stereocenters. The lowest BCUT2D eigenvalue weighted by Crippen LogP contribution is -2.43. The average Bonchev–Trinajstić information content (AvgIpc) is 2.56. The molecule has 5 nitrogen and oxygen atoms in total. The van der Waals surface area contributed by atoms with Crippen molar-refractivity contribution in [2.75, 3.05) is 19.8 Å². The van der Waals surface area contributed by atoms with Crippen molar-refractivity contribution in [3.8, 4) is 0 Å². The SMILES string of the molecule is CCCCOCCCNC(=O)CCC(=O)N[C@@H]1CCC[C@@H](C)[C@@H]1C. The van der Waals surface area contributed by atoms with Crippen LogP contribution in [-0.2, 0) is 14.3 Å². The van der Waals surface area contributed by atoms with Crippen LogP contribution in [0.2, 0.25) is 0 Å². The minimum absolute atomic E-state index is 0.000927. The summed E-state index contributed by atoms with van der Waals surface area (Å²) in [5, 5.41) is 5.96. The van der Waals surface area contributed by atoms with Crippen LogP contribution in [0.4, 0.5) is 0 Å². The molecule has 1 saturated carbocycles. The Labute approximate surface area is 147 Å². The summed E-state index contributed by atoms with van der Waals surface area (Å²) in [5.74, 6) is 1.12. The third-order valence-corrected chi connectivity index (χ3v) is 5.06. The van der Waals surface area contributed by atoms with Crippen LogP contribution >= 0.6 is 0 Å². The zero-order chi connectivity index (χ0) is 17.8. The fourth-order valence-electron chi connectivity index (χ4n) is 3.13. The first-order valence-corrected chi connectivity index (χ1v) is 9.68. The van der Waals surface area contributed by atoms with Gasteiger partial charge in [0.15, 0.2) is 0 Å². The van der Waals surface area contributed by atoms with Gasteiger partial charge in [0.1, 0.15) is 0 Å². The van der Waals surface area contributed by atoms with Crippen LogP contribution in [0.15, 0.2) is 0 Å². The van der Waals surface area contributed by atoms with Crippen molar-refractivity contribution in [3.05, 3.63) is 0 Å². The molecule has 0 heterocycles. The van der Waals surface area contributed by atoms with E-state index in [4.69, 9.17) is 4.74 Å². The normalized spacial score (nSPS) is 23.7. The number of hydrogen-bond acceptors (Lipinski definition) is 3. The molecule has 0 bridgehead atoms. The number of carbonyl (C=O) groups excluding carboxylic acids is 2. The van der Waals surface area contributed by atoms with Gasteiger partial charge in [-0.3, -0.25) is 9.59 Å². The molecule has 0 aromatic heterocycles. The monoisotopic (exact) mass is 340 g/mol. The van der Waals surface area contributed by atoms with Crippen molar-refractivity contribution in [1.29, 1.82) is 0 Å². The van der Waals surface area contributed by atoms with Crippen LogP contribution in [0.1, 0.15) is 72.1 Å². The number of nitrogens with one attached hydrogen (secondary N) is 2. The van der Waals surface area contributed by atoms with Crippen molar-refractivity contribution in [2.45, 2.75) is 78.2 Å². The zero-order valence-electron chi connectivity index (χ0n) is 15.7. The van der Waals surface area contributed by atoms with Gasteiger partial charge in [-0.15, -0.1) is 0 Å². The molecule has 2 N–H and O–H groups in total. The van der Waals surface area contributed by atoms with Gasteiger partial charge in [0.25, 0.3) is 0 Å². The molecule has 2 amide bonds. The van der Waals surface area contributed by atoms with Gasteiger partial charge < -0.3 is 15.4 Å². The van der Waals surface area contributed by atoms with Crippen LogP contribution in [0.25, 0.3) is 0 Å². The summed E-state index contributed by atoms with van der Waals surface area (Å²) >= 11 is 0. The minimum atomic E-state index is -0.0521. The Morgan fingerprint density at radius 3 is 2.50 bits per heavy atom. The van der Waals surface area contributed by atoms with Crippen LogP contribution in [0, 0.1) is 11.8 Å². The highest BCUT2D eigenvalue weighted by Gasteiger charge is 2.27. The predicted molar refractivity (Wildman–Crippen MR) is 96.7 cm³/mol. The van der Waals surface area contributed by atoms with Gasteiger partial charge in [0.05, 0.1) is 0 Å². The maximum Gasteiger partial charge on any atom is 0.220 e. The van der Waals surface area contributed by atoms with Gasteiger partial charge in [-0.25, -0.2) is 0 Å². The van der Waals surface area contributed by atoms with Crippen molar-refractivity contribution < 1.29 is 14.3 Å². The molecule has 0 spiro atoms. The molecule has 0 aliphatic heterocycles. The van der Waals surface area contributed by atoms with E-state index in [2.05, 4.69) is 31.4 Å². The largest absolute Gasteiger partial charge is 0.381 e. The fourth-order valence-corrected chi connectivity index (χ4v) is 3.13. The molecule has 0 radical (unpaired) electrons. The summed E-state index contributed by atoms with van der Waals surface area (Å²) in [5.41, 5.74) is 0. The predicted octanol–water partition coefficient (Wildman–Crippen LogP) is 3.03. The summed E-state index contributed by atoms with van der Waals surface area (Å²) in [6.07, 6.45) is 7.06. The molecule has 0 aromatic carbocycles. The molecule has 140 valence electrons. The minimum Gasteiger partial charge on any atom is -0.381 e. The molecule has 5 heteroatoms. The van der Waals surface area contributed by atoms with Gasteiger partial charge in [-0.2, -0.15) is 0 Å². The van der Waals surface area contributed by atoms with Crippen LogP contribution in [0.5, 0.6) is 0 Å². The Hall–Kier alpha value is -1.10.